The molecule has 0 saturated heterocycles. The van der Waals surface area contributed by atoms with E-state index in [1.54, 1.807) is 7.11 Å². The van der Waals surface area contributed by atoms with Crippen LogP contribution in [0.4, 0.5) is 5.69 Å². The fourth-order valence-electron chi connectivity index (χ4n) is 2.52. The lowest BCUT2D eigenvalue weighted by Gasteiger charge is -2.18. The van der Waals surface area contributed by atoms with Gasteiger partial charge in [0.1, 0.15) is 0 Å². The Kier molecular flexibility index (Phi) is 5.02. The fraction of sp³-hybridized carbons (Fsp3) is 0.471. The van der Waals surface area contributed by atoms with E-state index in [9.17, 15) is 0 Å². The molecule has 1 aromatic heterocycles. The molecule has 0 fully saturated rings. The first kappa shape index (κ1) is 15.6. The largest absolute Gasteiger partial charge is 0.383 e. The third kappa shape index (κ3) is 3.85. The van der Waals surface area contributed by atoms with Crippen LogP contribution in [0.3, 0.4) is 0 Å². The van der Waals surface area contributed by atoms with Gasteiger partial charge in [0.25, 0.3) is 0 Å². The minimum Gasteiger partial charge on any atom is -0.383 e. The fourth-order valence-corrected chi connectivity index (χ4v) is 2.52. The number of nitrogens with one attached hydrogen (secondary N) is 1. The minimum absolute atomic E-state index is 0.254. The van der Waals surface area contributed by atoms with Gasteiger partial charge in [0.2, 0.25) is 0 Å². The zero-order valence-electron chi connectivity index (χ0n) is 13.6. The molecule has 114 valence electrons. The van der Waals surface area contributed by atoms with Crippen molar-refractivity contribution in [1.29, 1.82) is 0 Å². The van der Waals surface area contributed by atoms with E-state index >= 15 is 0 Å². The van der Waals surface area contributed by atoms with Gasteiger partial charge in [-0.25, -0.2) is 0 Å². The van der Waals surface area contributed by atoms with Gasteiger partial charge in [-0.15, -0.1) is 0 Å². The third-order valence-corrected chi connectivity index (χ3v) is 3.89. The molecule has 0 aliphatic carbocycles. The summed E-state index contributed by atoms with van der Waals surface area (Å²) >= 11 is 0. The molecule has 1 unspecified atom stereocenters. The summed E-state index contributed by atoms with van der Waals surface area (Å²) in [4.78, 5) is 0. The molecule has 0 amide bonds. The number of nitrogens with zero attached hydrogens (tertiary/aromatic N) is 2. The highest BCUT2D eigenvalue weighted by Gasteiger charge is 2.11. The van der Waals surface area contributed by atoms with Crippen LogP contribution in [-0.2, 0) is 11.3 Å². The summed E-state index contributed by atoms with van der Waals surface area (Å²) in [6.45, 7) is 10.1. The quantitative estimate of drug-likeness (QED) is 0.882. The molecule has 4 heteroatoms. The summed E-state index contributed by atoms with van der Waals surface area (Å²) in [5.74, 6) is 0. The summed E-state index contributed by atoms with van der Waals surface area (Å²) in [6, 6.07) is 4.78. The van der Waals surface area contributed by atoms with Crippen molar-refractivity contribution in [2.24, 2.45) is 0 Å². The van der Waals surface area contributed by atoms with E-state index in [0.29, 0.717) is 6.61 Å². The van der Waals surface area contributed by atoms with Crippen molar-refractivity contribution in [1.82, 2.24) is 9.78 Å². The topological polar surface area (TPSA) is 39.1 Å². The maximum Gasteiger partial charge on any atom is 0.0731 e. The number of benzene rings is 1. The van der Waals surface area contributed by atoms with Gasteiger partial charge in [0.15, 0.2) is 0 Å². The van der Waals surface area contributed by atoms with Crippen molar-refractivity contribution in [2.75, 3.05) is 19.0 Å². The number of ether oxygens (including phenoxy) is 1. The van der Waals surface area contributed by atoms with E-state index in [-0.39, 0.29) is 6.04 Å². The standard InChI is InChI=1S/C17H25N3O/c1-12-8-14(3)17(9-13(12)2)15(4)19-16-10-18-20(11-16)6-7-21-5/h8-11,15,19H,6-7H2,1-5H3. The van der Waals surface area contributed by atoms with Crippen LogP contribution in [0.25, 0.3) is 0 Å². The molecule has 1 heterocycles. The van der Waals surface area contributed by atoms with Crippen molar-refractivity contribution in [2.45, 2.75) is 40.3 Å². The van der Waals surface area contributed by atoms with Crippen LogP contribution in [0.2, 0.25) is 0 Å². The van der Waals surface area contributed by atoms with Crippen molar-refractivity contribution in [3.63, 3.8) is 0 Å². The first-order chi connectivity index (χ1) is 10.0. The number of hydrogen-bond donors (Lipinski definition) is 1. The number of aryl methyl sites for hydroxylation is 3. The number of aromatic nitrogens is 2. The molecule has 4 nitrogen and oxygen atoms in total. The highest BCUT2D eigenvalue weighted by Crippen LogP contribution is 2.24. The van der Waals surface area contributed by atoms with Crippen LogP contribution >= 0.6 is 0 Å². The SMILES string of the molecule is COCCn1cc(NC(C)c2cc(C)c(C)cc2C)cn1. The van der Waals surface area contributed by atoms with Crippen molar-refractivity contribution in [3.05, 3.63) is 46.8 Å². The van der Waals surface area contributed by atoms with Gasteiger partial charge in [-0.3, -0.25) is 4.68 Å². The van der Waals surface area contributed by atoms with Crippen LogP contribution in [0.5, 0.6) is 0 Å². The zero-order valence-corrected chi connectivity index (χ0v) is 13.6. The van der Waals surface area contributed by atoms with Gasteiger partial charge < -0.3 is 10.1 Å². The number of hydrogen-bond acceptors (Lipinski definition) is 3. The summed E-state index contributed by atoms with van der Waals surface area (Å²) in [5.41, 5.74) is 6.37. The highest BCUT2D eigenvalue weighted by atomic mass is 16.5. The van der Waals surface area contributed by atoms with Gasteiger partial charge in [-0.2, -0.15) is 5.10 Å². The Morgan fingerprint density at radius 3 is 2.62 bits per heavy atom. The first-order valence-corrected chi connectivity index (χ1v) is 7.37. The van der Waals surface area contributed by atoms with Gasteiger partial charge in [0, 0.05) is 19.3 Å². The van der Waals surface area contributed by atoms with E-state index in [1.165, 1.54) is 22.3 Å². The molecule has 21 heavy (non-hydrogen) atoms. The summed E-state index contributed by atoms with van der Waals surface area (Å²) in [7, 11) is 1.70. The molecule has 0 spiro atoms. The van der Waals surface area contributed by atoms with Crippen LogP contribution < -0.4 is 5.32 Å². The third-order valence-electron chi connectivity index (χ3n) is 3.89. The molecular weight excluding hydrogens is 262 g/mol. The Bertz CT molecular complexity index is 604. The van der Waals surface area contributed by atoms with Crippen molar-refractivity contribution in [3.8, 4) is 0 Å². The van der Waals surface area contributed by atoms with E-state index in [4.69, 9.17) is 4.74 Å². The number of anilines is 1. The second kappa shape index (κ2) is 6.76. The Morgan fingerprint density at radius 1 is 1.19 bits per heavy atom. The Labute approximate surface area is 127 Å². The normalized spacial score (nSPS) is 12.4. The van der Waals surface area contributed by atoms with E-state index in [1.807, 2.05) is 17.1 Å². The molecule has 1 atom stereocenters. The summed E-state index contributed by atoms with van der Waals surface area (Å²) in [5, 5.41) is 7.85. The van der Waals surface area contributed by atoms with Gasteiger partial charge >= 0.3 is 0 Å². The maximum absolute atomic E-state index is 5.06. The highest BCUT2D eigenvalue weighted by molar-refractivity contribution is 5.45. The van der Waals surface area contributed by atoms with Crippen molar-refractivity contribution >= 4 is 5.69 Å². The predicted molar refractivity (Wildman–Crippen MR) is 86.8 cm³/mol. The lowest BCUT2D eigenvalue weighted by molar-refractivity contribution is 0.183. The summed E-state index contributed by atoms with van der Waals surface area (Å²) < 4.78 is 6.96. The Balaban J connectivity index is 2.09. The number of methoxy groups -OCH3 is 1. The monoisotopic (exact) mass is 287 g/mol. The second-order valence-corrected chi connectivity index (χ2v) is 5.64. The Morgan fingerprint density at radius 2 is 1.90 bits per heavy atom. The van der Waals surface area contributed by atoms with Gasteiger partial charge in [0.05, 0.1) is 25.0 Å². The molecular formula is C17H25N3O. The van der Waals surface area contributed by atoms with E-state index in [0.717, 1.165) is 12.2 Å². The Hall–Kier alpha value is -1.81. The van der Waals surface area contributed by atoms with Crippen LogP contribution in [0, 0.1) is 20.8 Å². The van der Waals surface area contributed by atoms with Gasteiger partial charge in [-0.1, -0.05) is 12.1 Å². The molecule has 2 rings (SSSR count). The molecule has 1 N–H and O–H groups in total. The molecule has 0 radical (unpaired) electrons. The van der Waals surface area contributed by atoms with Crippen molar-refractivity contribution < 1.29 is 4.74 Å². The molecule has 1 aromatic carbocycles. The average Bonchev–Trinajstić information content (AvgIpc) is 2.88. The maximum atomic E-state index is 5.06. The minimum atomic E-state index is 0.254. The smallest absolute Gasteiger partial charge is 0.0731 e. The molecule has 0 bridgehead atoms. The average molecular weight is 287 g/mol. The number of rotatable bonds is 6. The van der Waals surface area contributed by atoms with Crippen LogP contribution in [0.15, 0.2) is 24.5 Å². The molecule has 0 aliphatic heterocycles. The molecule has 2 aromatic rings. The predicted octanol–water partition coefficient (Wildman–Crippen LogP) is 3.63. The van der Waals surface area contributed by atoms with E-state index in [2.05, 4.69) is 50.2 Å². The molecule has 0 saturated carbocycles. The molecule has 0 aliphatic rings. The van der Waals surface area contributed by atoms with Crippen LogP contribution in [-0.4, -0.2) is 23.5 Å². The summed E-state index contributed by atoms with van der Waals surface area (Å²) in [6.07, 6.45) is 3.88. The lowest BCUT2D eigenvalue weighted by Crippen LogP contribution is -2.09. The zero-order chi connectivity index (χ0) is 15.4. The van der Waals surface area contributed by atoms with Crippen LogP contribution in [0.1, 0.15) is 35.2 Å². The lowest BCUT2D eigenvalue weighted by atomic mass is 9.96. The first-order valence-electron chi connectivity index (χ1n) is 7.37. The second-order valence-electron chi connectivity index (χ2n) is 5.64. The van der Waals surface area contributed by atoms with E-state index < -0.39 is 0 Å². The van der Waals surface area contributed by atoms with Gasteiger partial charge in [-0.05, 0) is 49.9 Å².